The number of hydrogen-bond acceptors (Lipinski definition) is 2. The molecule has 69 valence electrons. The topological polar surface area (TPSA) is 62.1 Å². The molecule has 0 aliphatic rings. The molecule has 0 bridgehead atoms. The van der Waals surface area contributed by atoms with Gasteiger partial charge < -0.3 is 10.1 Å². The average molecular weight is 179 g/mol. The number of carbonyl (C=O) groups is 1. The Morgan fingerprint density at radius 3 is 2.69 bits per heavy atom. The molecule has 0 aliphatic carbocycles. The van der Waals surface area contributed by atoms with E-state index in [0.717, 1.165) is 5.75 Å². The maximum atomic E-state index is 10.2. The van der Waals surface area contributed by atoms with E-state index in [4.69, 9.17) is 10.5 Å². The lowest BCUT2D eigenvalue weighted by Crippen LogP contribution is -2.27. The molecule has 13 heavy (non-hydrogen) atoms. The van der Waals surface area contributed by atoms with E-state index < -0.39 is 6.03 Å². The summed E-state index contributed by atoms with van der Waals surface area (Å²) in [5.74, 6) is 0.765. The molecule has 0 unspecified atom stereocenters. The highest BCUT2D eigenvalue weighted by Crippen LogP contribution is 2.07. The van der Waals surface area contributed by atoms with Gasteiger partial charge >= 0.3 is 6.03 Å². The molecule has 2 N–H and O–H groups in total. The minimum atomic E-state index is -0.781. The van der Waals surface area contributed by atoms with Crippen molar-refractivity contribution in [1.82, 2.24) is 11.1 Å². The second-order valence-corrected chi connectivity index (χ2v) is 2.42. The molecule has 0 aromatic heterocycles. The van der Waals surface area contributed by atoms with Crippen LogP contribution in [-0.2, 0) is 0 Å². The van der Waals surface area contributed by atoms with Gasteiger partial charge in [-0.05, 0) is 12.1 Å². The molecule has 1 aromatic carbocycles. The molecule has 0 aliphatic heterocycles. The van der Waals surface area contributed by atoms with Gasteiger partial charge in [-0.25, -0.2) is 10.5 Å². The molecule has 1 aromatic rings. The van der Waals surface area contributed by atoms with Crippen LogP contribution >= 0.6 is 0 Å². The van der Waals surface area contributed by atoms with E-state index in [0.29, 0.717) is 13.2 Å². The first-order valence-corrected chi connectivity index (χ1v) is 3.96. The SMILES string of the molecule is [NH]C(=O)NCCOc1ccccc1. The predicted octanol–water partition coefficient (Wildman–Crippen LogP) is 1.06. The van der Waals surface area contributed by atoms with Gasteiger partial charge in [0.2, 0.25) is 0 Å². The van der Waals surface area contributed by atoms with E-state index in [1.165, 1.54) is 0 Å². The number of urea groups is 1. The van der Waals surface area contributed by atoms with Crippen LogP contribution in [0.1, 0.15) is 0 Å². The van der Waals surface area contributed by atoms with Crippen LogP contribution in [0.25, 0.3) is 0 Å². The lowest BCUT2D eigenvalue weighted by atomic mass is 10.3. The summed E-state index contributed by atoms with van der Waals surface area (Å²) >= 11 is 0. The number of nitrogens with one attached hydrogen (secondary N) is 2. The minimum absolute atomic E-state index is 0.358. The fourth-order valence-corrected chi connectivity index (χ4v) is 0.850. The Kier molecular flexibility index (Phi) is 3.63. The van der Waals surface area contributed by atoms with Crippen molar-refractivity contribution in [2.45, 2.75) is 0 Å². The Morgan fingerprint density at radius 1 is 1.38 bits per heavy atom. The Bertz CT molecular complexity index is 262. The van der Waals surface area contributed by atoms with Crippen LogP contribution in [0.15, 0.2) is 30.3 Å². The summed E-state index contributed by atoms with van der Waals surface area (Å²) in [4.78, 5) is 10.2. The molecule has 0 atom stereocenters. The van der Waals surface area contributed by atoms with Gasteiger partial charge in [-0.15, -0.1) is 0 Å². The summed E-state index contributed by atoms with van der Waals surface area (Å²) in [6, 6.07) is 8.54. The van der Waals surface area contributed by atoms with Crippen LogP contribution in [0.3, 0.4) is 0 Å². The zero-order chi connectivity index (χ0) is 9.52. The quantitative estimate of drug-likeness (QED) is 0.702. The molecule has 1 radical (unpaired) electrons. The minimum Gasteiger partial charge on any atom is -0.492 e. The largest absolute Gasteiger partial charge is 0.492 e. The lowest BCUT2D eigenvalue weighted by molar-refractivity contribution is 0.243. The monoisotopic (exact) mass is 179 g/mol. The summed E-state index contributed by atoms with van der Waals surface area (Å²) in [6.45, 7) is 0.742. The smallest absolute Gasteiger partial charge is 0.333 e. The third kappa shape index (κ3) is 4.00. The predicted molar refractivity (Wildman–Crippen MR) is 48.4 cm³/mol. The van der Waals surface area contributed by atoms with Gasteiger partial charge in [-0.3, -0.25) is 0 Å². The molecule has 4 nitrogen and oxygen atoms in total. The number of amides is 2. The second-order valence-electron chi connectivity index (χ2n) is 2.42. The van der Waals surface area contributed by atoms with Crippen LogP contribution in [0, 0.1) is 0 Å². The lowest BCUT2D eigenvalue weighted by Gasteiger charge is -2.04. The van der Waals surface area contributed by atoms with E-state index in [-0.39, 0.29) is 0 Å². The zero-order valence-electron chi connectivity index (χ0n) is 7.12. The molecule has 2 amide bonds. The highest BCUT2D eigenvalue weighted by molar-refractivity contribution is 5.70. The van der Waals surface area contributed by atoms with Crippen LogP contribution in [0.2, 0.25) is 0 Å². The number of para-hydroxylation sites is 1. The third-order valence-electron chi connectivity index (χ3n) is 1.40. The second kappa shape index (κ2) is 5.03. The molecule has 0 heterocycles. The molecular weight excluding hydrogens is 168 g/mol. The summed E-state index contributed by atoms with van der Waals surface area (Å²) in [5.41, 5.74) is 6.56. The molecule has 0 spiro atoms. The molecule has 0 fully saturated rings. The van der Waals surface area contributed by atoms with Crippen LogP contribution in [-0.4, -0.2) is 19.2 Å². The van der Waals surface area contributed by atoms with Gasteiger partial charge in [-0.1, -0.05) is 18.2 Å². The standard InChI is InChI=1S/C9H11N2O2/c10-9(12)11-6-7-13-8-4-2-1-3-5-8/h1-5,10H,6-7H2,(H,11,12). The van der Waals surface area contributed by atoms with E-state index in [1.807, 2.05) is 30.3 Å². The van der Waals surface area contributed by atoms with Gasteiger partial charge in [0.05, 0.1) is 6.54 Å². The number of carbonyl (C=O) groups excluding carboxylic acids is 1. The van der Waals surface area contributed by atoms with Gasteiger partial charge in [-0.2, -0.15) is 0 Å². The Hall–Kier alpha value is -1.71. The summed E-state index contributed by atoms with van der Waals surface area (Å²) in [7, 11) is 0. The van der Waals surface area contributed by atoms with Gasteiger partial charge in [0.1, 0.15) is 12.4 Å². The van der Waals surface area contributed by atoms with Crippen molar-refractivity contribution in [2.75, 3.05) is 13.2 Å². The first kappa shape index (κ1) is 9.38. The number of benzene rings is 1. The normalized spacial score (nSPS) is 9.23. The highest BCUT2D eigenvalue weighted by atomic mass is 16.5. The fraction of sp³-hybridized carbons (Fsp3) is 0.222. The van der Waals surface area contributed by atoms with Gasteiger partial charge in [0, 0.05) is 0 Å². The van der Waals surface area contributed by atoms with Crippen molar-refractivity contribution in [2.24, 2.45) is 0 Å². The van der Waals surface area contributed by atoms with E-state index >= 15 is 0 Å². The highest BCUT2D eigenvalue weighted by Gasteiger charge is 1.93. The van der Waals surface area contributed by atoms with Gasteiger partial charge in [0.15, 0.2) is 0 Å². The van der Waals surface area contributed by atoms with Crippen LogP contribution < -0.4 is 15.8 Å². The van der Waals surface area contributed by atoms with Crippen LogP contribution in [0.4, 0.5) is 4.79 Å². The Labute approximate surface area is 76.7 Å². The molecule has 1 rings (SSSR count). The fourth-order valence-electron chi connectivity index (χ4n) is 0.850. The van der Waals surface area contributed by atoms with Crippen molar-refractivity contribution >= 4 is 6.03 Å². The van der Waals surface area contributed by atoms with Crippen LogP contribution in [0.5, 0.6) is 5.75 Å². The first-order valence-electron chi connectivity index (χ1n) is 3.96. The number of ether oxygens (including phenoxy) is 1. The van der Waals surface area contributed by atoms with Crippen molar-refractivity contribution in [3.05, 3.63) is 30.3 Å². The van der Waals surface area contributed by atoms with Crippen molar-refractivity contribution in [3.8, 4) is 5.75 Å². The number of rotatable bonds is 4. The molecule has 0 saturated heterocycles. The zero-order valence-corrected chi connectivity index (χ0v) is 7.12. The number of hydrogen-bond donors (Lipinski definition) is 1. The van der Waals surface area contributed by atoms with E-state index in [1.54, 1.807) is 0 Å². The summed E-state index contributed by atoms with van der Waals surface area (Å²) < 4.78 is 5.26. The molecule has 0 saturated carbocycles. The maximum absolute atomic E-state index is 10.2. The summed E-state index contributed by atoms with van der Waals surface area (Å²) in [5, 5.41) is 2.32. The Morgan fingerprint density at radius 2 is 2.08 bits per heavy atom. The van der Waals surface area contributed by atoms with E-state index in [2.05, 4.69) is 5.32 Å². The van der Waals surface area contributed by atoms with E-state index in [9.17, 15) is 4.79 Å². The third-order valence-corrected chi connectivity index (χ3v) is 1.40. The average Bonchev–Trinajstić information content (AvgIpc) is 2.14. The molecule has 4 heteroatoms. The van der Waals surface area contributed by atoms with Crippen molar-refractivity contribution in [1.29, 1.82) is 0 Å². The molecular formula is C9H11N2O2. The summed E-state index contributed by atoms with van der Waals surface area (Å²) in [6.07, 6.45) is 0. The first-order chi connectivity index (χ1) is 6.29. The maximum Gasteiger partial charge on any atom is 0.333 e. The van der Waals surface area contributed by atoms with Gasteiger partial charge in [0.25, 0.3) is 0 Å². The van der Waals surface area contributed by atoms with Crippen molar-refractivity contribution < 1.29 is 9.53 Å². The Balaban J connectivity index is 2.17. The van der Waals surface area contributed by atoms with Crippen molar-refractivity contribution in [3.63, 3.8) is 0 Å².